The zero-order valence-corrected chi connectivity index (χ0v) is 16.9. The largest absolute Gasteiger partial charge is 0.494 e. The van der Waals surface area contributed by atoms with E-state index in [0.29, 0.717) is 28.2 Å². The summed E-state index contributed by atoms with van der Waals surface area (Å²) in [4.78, 5) is 19.7. The number of thioether (sulfide) groups is 1. The number of benzene rings is 2. The quantitative estimate of drug-likeness (QED) is 0.579. The molecule has 0 unspecified atom stereocenters. The van der Waals surface area contributed by atoms with Crippen LogP contribution in [0.15, 0.2) is 58.4 Å². The lowest BCUT2D eigenvalue weighted by Gasteiger charge is -2.12. The predicted octanol–water partition coefficient (Wildman–Crippen LogP) is 5.75. The molecule has 6 heteroatoms. The second-order valence-corrected chi connectivity index (χ2v) is 7.40. The molecular formula is C21H21ClN2O2S. The molecule has 140 valence electrons. The minimum absolute atomic E-state index is 0.0387. The van der Waals surface area contributed by atoms with Crippen LogP contribution in [0.2, 0.25) is 5.02 Å². The molecule has 4 nitrogen and oxygen atoms in total. The minimum Gasteiger partial charge on any atom is -0.494 e. The maximum atomic E-state index is 12.8. The lowest BCUT2D eigenvalue weighted by molar-refractivity contribution is -0.122. The summed E-state index contributed by atoms with van der Waals surface area (Å²) in [7, 11) is 0. The second kappa shape index (κ2) is 9.11. The van der Waals surface area contributed by atoms with E-state index in [0.717, 1.165) is 23.4 Å². The van der Waals surface area contributed by atoms with Crippen LogP contribution in [0, 0.1) is 0 Å². The van der Waals surface area contributed by atoms with Gasteiger partial charge < -0.3 is 4.74 Å². The summed E-state index contributed by atoms with van der Waals surface area (Å²) < 4.78 is 5.67. The number of halogens is 1. The van der Waals surface area contributed by atoms with Gasteiger partial charge in [-0.15, -0.1) is 0 Å². The predicted molar refractivity (Wildman–Crippen MR) is 114 cm³/mol. The van der Waals surface area contributed by atoms with E-state index in [1.165, 1.54) is 11.8 Å². The average Bonchev–Trinajstić information content (AvgIpc) is 2.94. The molecule has 1 saturated heterocycles. The first-order valence-corrected chi connectivity index (χ1v) is 10.1. The molecule has 0 radical (unpaired) electrons. The first kappa shape index (κ1) is 19.5. The van der Waals surface area contributed by atoms with E-state index in [4.69, 9.17) is 16.3 Å². The lowest BCUT2D eigenvalue weighted by atomic mass is 10.2. The number of nitrogens with zero attached hydrogens (tertiary/aromatic N) is 2. The van der Waals surface area contributed by atoms with Gasteiger partial charge in [0.1, 0.15) is 5.75 Å². The molecule has 1 heterocycles. The van der Waals surface area contributed by atoms with E-state index < -0.39 is 0 Å². The van der Waals surface area contributed by atoms with Gasteiger partial charge >= 0.3 is 0 Å². The van der Waals surface area contributed by atoms with Gasteiger partial charge in [0.15, 0.2) is 5.17 Å². The highest BCUT2D eigenvalue weighted by Gasteiger charge is 2.32. The van der Waals surface area contributed by atoms with Gasteiger partial charge in [-0.05, 0) is 67.1 Å². The smallest absolute Gasteiger partial charge is 0.266 e. The Bertz CT molecular complexity index is 895. The molecule has 1 fully saturated rings. The summed E-state index contributed by atoms with van der Waals surface area (Å²) in [6.07, 6.45) is 2.84. The van der Waals surface area contributed by atoms with Crippen molar-refractivity contribution in [3.63, 3.8) is 0 Å². The van der Waals surface area contributed by atoms with Crippen LogP contribution in [0.5, 0.6) is 5.75 Å². The van der Waals surface area contributed by atoms with Crippen LogP contribution in [-0.2, 0) is 4.79 Å². The van der Waals surface area contributed by atoms with Crippen LogP contribution >= 0.6 is 23.4 Å². The van der Waals surface area contributed by atoms with E-state index in [1.807, 2.05) is 49.4 Å². The molecule has 27 heavy (non-hydrogen) atoms. The van der Waals surface area contributed by atoms with Gasteiger partial charge in [0.25, 0.3) is 5.91 Å². The Morgan fingerprint density at radius 1 is 1.19 bits per heavy atom. The van der Waals surface area contributed by atoms with Crippen LogP contribution in [0.4, 0.5) is 5.69 Å². The summed E-state index contributed by atoms with van der Waals surface area (Å²) in [5.41, 5.74) is 1.66. The third-order valence-electron chi connectivity index (χ3n) is 3.87. The fraction of sp³-hybridized carbons (Fsp3) is 0.238. The monoisotopic (exact) mass is 400 g/mol. The van der Waals surface area contributed by atoms with E-state index in [1.54, 1.807) is 17.0 Å². The summed E-state index contributed by atoms with van der Waals surface area (Å²) in [6, 6.07) is 15.1. The maximum Gasteiger partial charge on any atom is 0.266 e. The molecule has 1 amide bonds. The van der Waals surface area contributed by atoms with E-state index in [-0.39, 0.29) is 5.91 Å². The van der Waals surface area contributed by atoms with Gasteiger partial charge in [0.2, 0.25) is 0 Å². The van der Waals surface area contributed by atoms with Crippen molar-refractivity contribution >= 4 is 46.2 Å². The first-order chi connectivity index (χ1) is 13.1. The highest BCUT2D eigenvalue weighted by molar-refractivity contribution is 8.18. The van der Waals surface area contributed by atoms with E-state index in [2.05, 4.69) is 11.9 Å². The molecule has 1 aliphatic rings. The molecule has 0 aromatic heterocycles. The van der Waals surface area contributed by atoms with Gasteiger partial charge in [-0.1, -0.05) is 36.7 Å². The Morgan fingerprint density at radius 2 is 2.00 bits per heavy atom. The van der Waals surface area contributed by atoms with Crippen LogP contribution in [0.3, 0.4) is 0 Å². The summed E-state index contributed by atoms with van der Waals surface area (Å²) in [6.45, 7) is 5.24. The van der Waals surface area contributed by atoms with Gasteiger partial charge in [0.05, 0.1) is 17.2 Å². The van der Waals surface area contributed by atoms with Gasteiger partial charge in [-0.25, -0.2) is 4.99 Å². The summed E-state index contributed by atoms with van der Waals surface area (Å²) in [5, 5.41) is 1.28. The average molecular weight is 401 g/mol. The van der Waals surface area contributed by atoms with E-state index >= 15 is 0 Å². The zero-order valence-electron chi connectivity index (χ0n) is 15.3. The van der Waals surface area contributed by atoms with Crippen molar-refractivity contribution < 1.29 is 9.53 Å². The van der Waals surface area contributed by atoms with Crippen LogP contribution < -0.4 is 4.74 Å². The Morgan fingerprint density at radius 3 is 2.74 bits per heavy atom. The number of carbonyl (C=O) groups excluding carboxylic acids is 1. The molecule has 0 atom stereocenters. The number of amides is 1. The minimum atomic E-state index is -0.0387. The molecular weight excluding hydrogens is 380 g/mol. The topological polar surface area (TPSA) is 41.9 Å². The molecule has 2 aromatic carbocycles. The molecule has 1 aliphatic heterocycles. The molecule has 0 aliphatic carbocycles. The number of rotatable bonds is 6. The third-order valence-corrected chi connectivity index (χ3v) is 5.11. The zero-order chi connectivity index (χ0) is 19.2. The van der Waals surface area contributed by atoms with Gasteiger partial charge in [0, 0.05) is 11.6 Å². The number of hydrogen-bond acceptors (Lipinski definition) is 4. The van der Waals surface area contributed by atoms with Crippen LogP contribution in [0.25, 0.3) is 6.08 Å². The number of carbonyl (C=O) groups is 1. The number of hydrogen-bond donors (Lipinski definition) is 0. The normalized spacial score (nSPS) is 17.1. The van der Waals surface area contributed by atoms with Crippen molar-refractivity contribution in [3.05, 3.63) is 64.0 Å². The summed E-state index contributed by atoms with van der Waals surface area (Å²) in [5.74, 6) is 0.768. The number of amidine groups is 1. The van der Waals surface area contributed by atoms with Crippen molar-refractivity contribution in [1.29, 1.82) is 0 Å². The van der Waals surface area contributed by atoms with Crippen molar-refractivity contribution in [3.8, 4) is 5.75 Å². The number of likely N-dealkylation sites (N-methyl/N-ethyl adjacent to an activating group) is 1. The maximum absolute atomic E-state index is 12.8. The number of aliphatic imine (C=N–C) groups is 1. The molecule has 2 aromatic rings. The van der Waals surface area contributed by atoms with Crippen molar-refractivity contribution in [2.24, 2.45) is 4.99 Å². The Labute approximate surface area is 168 Å². The lowest BCUT2D eigenvalue weighted by Crippen LogP contribution is -2.28. The molecule has 0 N–H and O–H groups in total. The third kappa shape index (κ3) is 4.93. The fourth-order valence-corrected chi connectivity index (χ4v) is 3.84. The SMILES string of the molecule is CCCOc1cccc(/C=C2/SC(=Nc3cccc(Cl)c3)N(CC)C2=O)c1. The molecule has 0 bridgehead atoms. The first-order valence-electron chi connectivity index (χ1n) is 8.89. The molecule has 0 saturated carbocycles. The van der Waals surface area contributed by atoms with Gasteiger partial charge in [-0.3, -0.25) is 9.69 Å². The van der Waals surface area contributed by atoms with Crippen LogP contribution in [0.1, 0.15) is 25.8 Å². The van der Waals surface area contributed by atoms with E-state index in [9.17, 15) is 4.79 Å². The Hall–Kier alpha value is -2.24. The highest BCUT2D eigenvalue weighted by Crippen LogP contribution is 2.34. The summed E-state index contributed by atoms with van der Waals surface area (Å²) >= 11 is 7.41. The standard InChI is InChI=1S/C21H21ClN2O2S/c1-3-11-26-18-10-5-7-15(12-18)13-19-20(25)24(4-2)21(27-19)23-17-9-6-8-16(22)14-17/h5-10,12-14H,3-4,11H2,1-2H3/b19-13+,23-21?. The highest BCUT2D eigenvalue weighted by atomic mass is 35.5. The Balaban J connectivity index is 1.87. The van der Waals surface area contributed by atoms with Gasteiger partial charge in [-0.2, -0.15) is 0 Å². The molecule has 0 spiro atoms. The van der Waals surface area contributed by atoms with Crippen LogP contribution in [-0.4, -0.2) is 29.1 Å². The molecule has 3 rings (SSSR count). The van der Waals surface area contributed by atoms with Crippen molar-refractivity contribution in [2.75, 3.05) is 13.2 Å². The fourth-order valence-electron chi connectivity index (χ4n) is 2.59. The van der Waals surface area contributed by atoms with Crippen molar-refractivity contribution in [2.45, 2.75) is 20.3 Å². The number of ether oxygens (including phenoxy) is 1. The second-order valence-electron chi connectivity index (χ2n) is 5.96. The van der Waals surface area contributed by atoms with Crippen molar-refractivity contribution in [1.82, 2.24) is 4.90 Å². The Kier molecular flexibility index (Phi) is 6.58.